The Morgan fingerprint density at radius 2 is 0.330 bits per heavy atom. The van der Waals surface area contributed by atoms with Crippen molar-refractivity contribution in [2.75, 3.05) is 77.2 Å². The van der Waals surface area contributed by atoms with E-state index in [1.807, 2.05) is 0 Å². The summed E-state index contributed by atoms with van der Waals surface area (Å²) in [5.41, 5.74) is 0. The van der Waals surface area contributed by atoms with Crippen LogP contribution in [-0.2, 0) is 66.1 Å². The lowest BCUT2D eigenvalue weighted by atomic mass is 10.1. The first-order valence-electron chi connectivity index (χ1n) is 38.8. The Hall–Kier alpha value is 1.35. The highest BCUT2D eigenvalue weighted by atomic mass is 28.5. The summed E-state index contributed by atoms with van der Waals surface area (Å²) in [5.74, 6) is 0. The van der Waals surface area contributed by atoms with E-state index in [9.17, 15) is 0 Å². The van der Waals surface area contributed by atoms with E-state index in [-0.39, 0.29) is 0 Å². The zero-order valence-electron chi connectivity index (χ0n) is 66.0. The van der Waals surface area contributed by atoms with Crippen molar-refractivity contribution in [3.8, 4) is 0 Å². The molecule has 0 N–H and O–H groups in total. The van der Waals surface area contributed by atoms with Gasteiger partial charge in [0.1, 0.15) is 0 Å². The summed E-state index contributed by atoms with van der Waals surface area (Å²) >= 11 is 0. The second kappa shape index (κ2) is 56.8. The summed E-state index contributed by atoms with van der Waals surface area (Å²) in [4.78, 5) is 10.8. The quantitative estimate of drug-likeness (QED) is 0.0247. The van der Waals surface area contributed by atoms with E-state index < -0.39 is 76.8 Å². The Balaban J connectivity index is 5.82. The third-order valence-corrected chi connectivity index (χ3v) is 51.4. The van der Waals surface area contributed by atoms with Gasteiger partial charge in [-0.25, -0.2) is 9.78 Å². The molecule has 0 bridgehead atoms. The van der Waals surface area contributed by atoms with Crippen molar-refractivity contribution in [2.45, 2.75) is 377 Å². The molecule has 0 aromatic heterocycles. The van der Waals surface area contributed by atoms with Gasteiger partial charge in [-0.15, -0.1) is 0 Å². The van der Waals surface area contributed by atoms with E-state index in [1.165, 1.54) is 224 Å². The summed E-state index contributed by atoms with van der Waals surface area (Å²) < 4.78 is 82.0. The van der Waals surface area contributed by atoms with Crippen molar-refractivity contribution >= 4 is 76.8 Å². The Morgan fingerprint density at radius 1 is 0.170 bits per heavy atom. The Bertz CT molecular complexity index is 1550. The molecular weight excluding hydrogens is 1330 g/mol. The predicted octanol–water partition coefficient (Wildman–Crippen LogP) is 22.8. The number of rotatable bonds is 73. The van der Waals surface area contributed by atoms with Crippen LogP contribution in [0, 0.1) is 0 Å². The minimum absolute atomic E-state index is 0.736. The predicted molar refractivity (Wildman–Crippen MR) is 419 cm³/mol. The van der Waals surface area contributed by atoms with E-state index in [0.717, 1.165) is 94.0 Å². The molecule has 94 heavy (non-hydrogen) atoms. The maximum absolute atomic E-state index is 7.87. The topological polar surface area (TPSA) is 138 Å². The monoisotopic (exact) mass is 1490 g/mol. The van der Waals surface area contributed by atoms with Crippen molar-refractivity contribution < 1.29 is 66.1 Å². The third kappa shape index (κ3) is 49.9. The molecule has 0 heterocycles. The van der Waals surface area contributed by atoms with E-state index >= 15 is 0 Å². The Morgan fingerprint density at radius 3 is 0.532 bits per heavy atom. The maximum Gasteiger partial charge on any atom is 0.500 e. The molecule has 0 unspecified atom stereocenters. The molecule has 0 radical (unpaired) electrons. The second-order valence-corrected chi connectivity index (χ2v) is 65.1. The van der Waals surface area contributed by atoms with E-state index in [2.05, 4.69) is 72.4 Å². The van der Waals surface area contributed by atoms with Gasteiger partial charge in [0.15, 0.2) is 41.6 Å². The fraction of sp³-hybridized carbons (Fsp3) is 1.00. The highest BCUT2D eigenvalue weighted by molar-refractivity contribution is 6.91. The normalized spacial score (nSPS) is 13.5. The second-order valence-electron chi connectivity index (χ2n) is 30.6. The minimum Gasteiger partial charge on any atom is -0.455 e. The molecule has 0 saturated carbocycles. The van der Waals surface area contributed by atoms with Crippen LogP contribution in [0.15, 0.2) is 0 Å². The largest absolute Gasteiger partial charge is 0.500 e. The maximum atomic E-state index is 7.87. The molecule has 0 saturated heterocycles. The van der Waals surface area contributed by atoms with E-state index in [1.54, 1.807) is 64.0 Å². The zero-order valence-corrected chi connectivity index (χ0v) is 75.0. The van der Waals surface area contributed by atoms with Crippen LogP contribution in [0.2, 0.25) is 120 Å². The summed E-state index contributed by atoms with van der Waals surface area (Å²) in [6.45, 7) is 28.5. The van der Waals surface area contributed by atoms with Crippen LogP contribution in [0.25, 0.3) is 0 Å². The molecule has 0 aliphatic carbocycles. The first-order valence-corrected chi connectivity index (χ1v) is 62.1. The molecule has 0 aromatic carbocycles. The zero-order chi connectivity index (χ0) is 70.5. The van der Waals surface area contributed by atoms with Crippen LogP contribution >= 0.6 is 0 Å². The van der Waals surface area contributed by atoms with Crippen LogP contribution in [0.4, 0.5) is 0 Å². The fourth-order valence-electron chi connectivity index (χ4n) is 13.6. The van der Waals surface area contributed by atoms with Gasteiger partial charge in [0.2, 0.25) is 0 Å². The van der Waals surface area contributed by atoms with Crippen molar-refractivity contribution in [1.29, 1.82) is 0 Å². The minimum atomic E-state index is -3.13. The average Bonchev–Trinajstić information content (AvgIpc) is 0.798. The van der Waals surface area contributed by atoms with Crippen LogP contribution in [0.3, 0.4) is 0 Å². The molecule has 15 nitrogen and oxygen atoms in total. The first kappa shape index (κ1) is 95.4. The fourth-order valence-corrected chi connectivity index (χ4v) is 46.1. The van der Waals surface area contributed by atoms with Crippen LogP contribution in [0.5, 0.6) is 0 Å². The molecule has 566 valence electrons. The Labute approximate surface area is 593 Å². The van der Waals surface area contributed by atoms with Gasteiger partial charge in [-0.3, -0.25) is 0 Å². The molecule has 0 spiro atoms. The summed E-state index contributed by atoms with van der Waals surface area (Å²) in [7, 11) is -5.31. The highest BCUT2D eigenvalue weighted by Crippen LogP contribution is 2.37. The summed E-state index contributed by atoms with van der Waals surface area (Å²) in [5, 5.41) is 0. The summed E-state index contributed by atoms with van der Waals surface area (Å²) in [6.07, 6.45) is 48.1. The van der Waals surface area contributed by atoms with Gasteiger partial charge in [-0.2, -0.15) is 0 Å². The highest BCUT2D eigenvalue weighted by Gasteiger charge is 2.52. The van der Waals surface area contributed by atoms with Crippen LogP contribution in [0.1, 0.15) is 257 Å². The molecule has 0 fully saturated rings. The van der Waals surface area contributed by atoms with Gasteiger partial charge in [-0.1, -0.05) is 219 Å². The van der Waals surface area contributed by atoms with Crippen molar-refractivity contribution in [2.24, 2.45) is 0 Å². The van der Waals surface area contributed by atoms with Crippen LogP contribution < -0.4 is 0 Å². The summed E-state index contributed by atoms with van der Waals surface area (Å²) in [6, 6.07) is 9.50. The lowest BCUT2D eigenvalue weighted by molar-refractivity contribution is -0.295. The molecule has 0 atom stereocenters. The SMILES string of the molecule is CCCCCCCCOOCCCCCCCCCCC[Si](C)(C)O[Si](C)(C)CCCCCCCC[Si](O[Si](C)(C)CCCCCCCC[Si](OC)(OC)OC)(O[Si](C)(C)CCCCCCCC[Si](OC)(OC)OC)O[Si](C)(C)CCCCCCCC[Si](OC)(OC)OC. The van der Waals surface area contributed by atoms with Crippen molar-refractivity contribution in [3.05, 3.63) is 0 Å². The standard InChI is InChI=1S/C70H160O15Si9/c1-21-22-23-24-38-49-60-80-81-61-50-39-28-26-25-27-29-40-51-62-86(11,12)82-87(13,14)63-52-41-33-37-48-59-70-94(83-88(15,16)64-53-42-30-34-45-56-67-91(71-2,72-3)73-4,84-89(17,18)65-54-43-31-35-46-57-68-92(74-5,75-6)76-7)85-90(19,20)66-55-44-32-36-47-58-69-93(77-8,78-9)79-10/h21-70H2,1-20H3. The van der Waals surface area contributed by atoms with Gasteiger partial charge in [0, 0.05) is 88.2 Å². The molecule has 0 rings (SSSR count). The smallest absolute Gasteiger partial charge is 0.455 e. The van der Waals surface area contributed by atoms with Gasteiger partial charge < -0.3 is 56.3 Å². The van der Waals surface area contributed by atoms with Gasteiger partial charge in [0.25, 0.3) is 0 Å². The van der Waals surface area contributed by atoms with Gasteiger partial charge in [-0.05, 0) is 134 Å². The number of unbranched alkanes of at least 4 members (excludes halogenated alkanes) is 33. The van der Waals surface area contributed by atoms with Crippen molar-refractivity contribution in [3.63, 3.8) is 0 Å². The van der Waals surface area contributed by atoms with E-state index in [4.69, 9.17) is 66.1 Å². The van der Waals surface area contributed by atoms with Gasteiger partial charge >= 0.3 is 35.2 Å². The molecule has 24 heteroatoms. The molecule has 0 aliphatic rings. The number of hydrogen-bond donors (Lipinski definition) is 0. The van der Waals surface area contributed by atoms with Crippen LogP contribution in [-0.4, -0.2) is 154 Å². The lowest BCUT2D eigenvalue weighted by Crippen LogP contribution is -2.61. The molecule has 0 amide bonds. The van der Waals surface area contributed by atoms with E-state index in [0.29, 0.717) is 0 Å². The lowest BCUT2D eigenvalue weighted by Gasteiger charge is -2.45. The first-order chi connectivity index (χ1) is 44.8. The Kier molecular flexibility index (Phi) is 57.6. The third-order valence-electron chi connectivity index (χ3n) is 19.4. The van der Waals surface area contributed by atoms with Crippen molar-refractivity contribution in [1.82, 2.24) is 0 Å². The average molecular weight is 1490 g/mol. The molecular formula is C70H160O15Si9. The molecule has 0 aromatic rings. The van der Waals surface area contributed by atoms with Gasteiger partial charge in [0.05, 0.1) is 13.2 Å². The molecule has 0 aliphatic heterocycles. The number of hydrogen-bond acceptors (Lipinski definition) is 15.